The summed E-state index contributed by atoms with van der Waals surface area (Å²) in [6.45, 7) is 3.76. The second kappa shape index (κ2) is 9.32. The third-order valence-electron chi connectivity index (χ3n) is 3.97. The minimum Gasteiger partial charge on any atom is -0.458 e. The van der Waals surface area contributed by atoms with E-state index < -0.39 is 12.0 Å². The number of nitrogens with zero attached hydrogens (tertiary/aromatic N) is 1. The fraction of sp³-hybridized carbons (Fsp3) is 0.250. The molecule has 2 heterocycles. The van der Waals surface area contributed by atoms with Crippen LogP contribution in [0.15, 0.2) is 47.2 Å². The molecule has 1 amide bonds. The minimum atomic E-state index is -0.726. The highest BCUT2D eigenvalue weighted by atomic mass is 35.5. The minimum absolute atomic E-state index is 0.0396. The fourth-order valence-corrected chi connectivity index (χ4v) is 4.24. The summed E-state index contributed by atoms with van der Waals surface area (Å²) >= 11 is 8.97. The molecule has 3 aromatic rings. The Labute approximate surface area is 176 Å². The molecule has 1 unspecified atom stereocenters. The van der Waals surface area contributed by atoms with Crippen LogP contribution < -0.4 is 5.32 Å². The van der Waals surface area contributed by atoms with Crippen molar-refractivity contribution in [2.75, 3.05) is 0 Å². The Morgan fingerprint density at radius 3 is 2.64 bits per heavy atom. The van der Waals surface area contributed by atoms with Crippen molar-refractivity contribution in [1.29, 1.82) is 0 Å². The molecule has 2 aromatic heterocycles. The van der Waals surface area contributed by atoms with Gasteiger partial charge in [-0.25, -0.2) is 9.78 Å². The van der Waals surface area contributed by atoms with Gasteiger partial charge in [0.2, 0.25) is 0 Å². The molecular formula is C20H19ClN2O3S2. The van der Waals surface area contributed by atoms with Crippen LogP contribution in [0.1, 0.15) is 29.2 Å². The molecular weight excluding hydrogens is 416 g/mol. The number of thiophene rings is 1. The van der Waals surface area contributed by atoms with E-state index in [2.05, 4.69) is 10.3 Å². The number of carbonyl (C=O) groups is 2. The topological polar surface area (TPSA) is 68.3 Å². The summed E-state index contributed by atoms with van der Waals surface area (Å²) < 4.78 is 5.41. The van der Waals surface area contributed by atoms with Gasteiger partial charge in [0.05, 0.1) is 15.6 Å². The molecule has 5 nitrogen and oxygen atoms in total. The highest BCUT2D eigenvalue weighted by molar-refractivity contribution is 7.13. The number of amides is 1. The van der Waals surface area contributed by atoms with Gasteiger partial charge in [-0.2, -0.15) is 0 Å². The molecule has 0 radical (unpaired) electrons. The zero-order valence-corrected chi connectivity index (χ0v) is 17.7. The maximum atomic E-state index is 12.5. The Balaban J connectivity index is 1.62. The van der Waals surface area contributed by atoms with Gasteiger partial charge in [-0.05, 0) is 23.4 Å². The van der Waals surface area contributed by atoms with Crippen molar-refractivity contribution >= 4 is 46.2 Å². The zero-order chi connectivity index (χ0) is 20.1. The van der Waals surface area contributed by atoms with Crippen LogP contribution in [0, 0.1) is 5.92 Å². The highest BCUT2D eigenvalue weighted by Crippen LogP contribution is 2.30. The lowest BCUT2D eigenvalue weighted by Gasteiger charge is -2.20. The van der Waals surface area contributed by atoms with Gasteiger partial charge in [0.1, 0.15) is 17.7 Å². The van der Waals surface area contributed by atoms with Crippen molar-refractivity contribution in [1.82, 2.24) is 10.3 Å². The number of benzene rings is 1. The highest BCUT2D eigenvalue weighted by Gasteiger charge is 2.26. The quantitative estimate of drug-likeness (QED) is 0.530. The maximum absolute atomic E-state index is 12.5. The Morgan fingerprint density at radius 2 is 1.96 bits per heavy atom. The maximum Gasteiger partial charge on any atom is 0.329 e. The number of ether oxygens (including phenoxy) is 1. The van der Waals surface area contributed by atoms with Crippen molar-refractivity contribution in [3.63, 3.8) is 0 Å². The molecule has 28 heavy (non-hydrogen) atoms. The Kier molecular flexibility index (Phi) is 6.83. The van der Waals surface area contributed by atoms with E-state index in [1.54, 1.807) is 12.1 Å². The summed E-state index contributed by atoms with van der Waals surface area (Å²) in [6.07, 6.45) is 0. The van der Waals surface area contributed by atoms with Gasteiger partial charge in [0, 0.05) is 10.9 Å². The molecule has 0 spiro atoms. The SMILES string of the molecule is CC(C)C(NC(=O)c1cccs1)C(=O)OCc1csc(-c2ccccc2Cl)n1. The number of halogens is 1. The number of esters is 1. The first kappa shape index (κ1) is 20.5. The van der Waals surface area contributed by atoms with E-state index in [4.69, 9.17) is 16.3 Å². The van der Waals surface area contributed by atoms with Crippen LogP contribution in [0.5, 0.6) is 0 Å². The van der Waals surface area contributed by atoms with Gasteiger partial charge in [-0.1, -0.05) is 49.7 Å². The van der Waals surface area contributed by atoms with E-state index in [0.717, 1.165) is 10.6 Å². The molecule has 8 heteroatoms. The van der Waals surface area contributed by atoms with E-state index in [1.165, 1.54) is 22.7 Å². The lowest BCUT2D eigenvalue weighted by Crippen LogP contribution is -2.45. The standard InChI is InChI=1S/C20H19ClN2O3S2/c1-12(2)17(23-18(24)16-8-5-9-27-16)20(25)26-10-13-11-28-19(22-13)14-6-3-4-7-15(14)21/h3-9,11-12,17H,10H2,1-2H3,(H,23,24). The molecule has 146 valence electrons. The molecule has 1 aromatic carbocycles. The van der Waals surface area contributed by atoms with Crippen molar-refractivity contribution in [2.24, 2.45) is 5.92 Å². The molecule has 1 N–H and O–H groups in total. The van der Waals surface area contributed by atoms with Crippen molar-refractivity contribution in [2.45, 2.75) is 26.5 Å². The average Bonchev–Trinajstić information content (AvgIpc) is 3.36. The third kappa shape index (κ3) is 4.98. The predicted molar refractivity (Wildman–Crippen MR) is 113 cm³/mol. The molecule has 0 aliphatic carbocycles. The number of carbonyl (C=O) groups excluding carboxylic acids is 2. The largest absolute Gasteiger partial charge is 0.458 e. The molecule has 0 saturated carbocycles. The van der Waals surface area contributed by atoms with Gasteiger partial charge in [0.25, 0.3) is 5.91 Å². The normalized spacial score (nSPS) is 12.0. The van der Waals surface area contributed by atoms with E-state index in [0.29, 0.717) is 15.6 Å². The van der Waals surface area contributed by atoms with Crippen LogP contribution in [-0.2, 0) is 16.1 Å². The average molecular weight is 435 g/mol. The van der Waals surface area contributed by atoms with E-state index in [1.807, 2.05) is 48.9 Å². The summed E-state index contributed by atoms with van der Waals surface area (Å²) in [7, 11) is 0. The molecule has 0 fully saturated rings. The third-order valence-corrected chi connectivity index (χ3v) is 6.09. The number of hydrogen-bond donors (Lipinski definition) is 1. The molecule has 0 aliphatic heterocycles. The first-order valence-corrected chi connectivity index (χ1v) is 10.8. The summed E-state index contributed by atoms with van der Waals surface area (Å²) in [5.74, 6) is -0.863. The summed E-state index contributed by atoms with van der Waals surface area (Å²) in [5.41, 5.74) is 1.48. The smallest absolute Gasteiger partial charge is 0.329 e. The molecule has 0 aliphatic rings. The van der Waals surface area contributed by atoms with E-state index in [-0.39, 0.29) is 18.4 Å². The van der Waals surface area contributed by atoms with Crippen LogP contribution in [0.2, 0.25) is 5.02 Å². The van der Waals surface area contributed by atoms with Gasteiger partial charge in [0.15, 0.2) is 0 Å². The first-order valence-electron chi connectivity index (χ1n) is 8.66. The van der Waals surface area contributed by atoms with Gasteiger partial charge >= 0.3 is 5.97 Å². The van der Waals surface area contributed by atoms with E-state index >= 15 is 0 Å². The summed E-state index contributed by atoms with van der Waals surface area (Å²) in [6, 6.07) is 10.2. The number of rotatable bonds is 7. The van der Waals surface area contributed by atoms with Crippen molar-refractivity contribution in [3.8, 4) is 10.6 Å². The zero-order valence-electron chi connectivity index (χ0n) is 15.3. The molecule has 1 atom stereocenters. The van der Waals surface area contributed by atoms with E-state index in [9.17, 15) is 9.59 Å². The Bertz CT molecular complexity index is 954. The summed E-state index contributed by atoms with van der Waals surface area (Å²) in [4.78, 5) is 29.8. The van der Waals surface area contributed by atoms with Crippen molar-refractivity contribution < 1.29 is 14.3 Å². The first-order chi connectivity index (χ1) is 13.5. The molecule has 3 rings (SSSR count). The van der Waals surface area contributed by atoms with Crippen LogP contribution in [-0.4, -0.2) is 22.9 Å². The number of hydrogen-bond acceptors (Lipinski definition) is 6. The van der Waals surface area contributed by atoms with Crippen LogP contribution in [0.4, 0.5) is 0 Å². The van der Waals surface area contributed by atoms with Gasteiger partial charge in [-0.15, -0.1) is 22.7 Å². The lowest BCUT2D eigenvalue weighted by molar-refractivity contribution is -0.148. The monoisotopic (exact) mass is 434 g/mol. The number of nitrogens with one attached hydrogen (secondary N) is 1. The predicted octanol–water partition coefficient (Wildman–Crippen LogP) is 5.02. The fourth-order valence-electron chi connectivity index (χ4n) is 2.48. The van der Waals surface area contributed by atoms with Crippen LogP contribution >= 0.6 is 34.3 Å². The second-order valence-electron chi connectivity index (χ2n) is 6.40. The van der Waals surface area contributed by atoms with Crippen LogP contribution in [0.25, 0.3) is 10.6 Å². The molecule has 0 saturated heterocycles. The second-order valence-corrected chi connectivity index (χ2v) is 8.62. The Hall–Kier alpha value is -2.22. The van der Waals surface area contributed by atoms with Crippen LogP contribution in [0.3, 0.4) is 0 Å². The van der Waals surface area contributed by atoms with Gasteiger partial charge in [-0.3, -0.25) is 4.79 Å². The molecule has 0 bridgehead atoms. The number of thiazole rings is 1. The Morgan fingerprint density at radius 1 is 1.18 bits per heavy atom. The van der Waals surface area contributed by atoms with Crippen molar-refractivity contribution in [3.05, 3.63) is 62.8 Å². The summed E-state index contributed by atoms with van der Waals surface area (Å²) in [5, 5.41) is 7.79. The van der Waals surface area contributed by atoms with Gasteiger partial charge < -0.3 is 10.1 Å². The lowest BCUT2D eigenvalue weighted by atomic mass is 10.0. The number of aromatic nitrogens is 1.